The number of benzene rings is 2. The second-order valence-electron chi connectivity index (χ2n) is 7.08. The van der Waals surface area contributed by atoms with Crippen molar-refractivity contribution in [2.45, 2.75) is 26.2 Å². The van der Waals surface area contributed by atoms with E-state index < -0.39 is 5.91 Å². The van der Waals surface area contributed by atoms with E-state index in [0.29, 0.717) is 11.3 Å². The van der Waals surface area contributed by atoms with Crippen molar-refractivity contribution < 1.29 is 14.3 Å². The van der Waals surface area contributed by atoms with Gasteiger partial charge in [-0.05, 0) is 40.8 Å². The minimum Gasteiger partial charge on any atom is -0.497 e. The molecule has 2 N–H and O–H groups in total. The Bertz CT molecular complexity index is 821. The summed E-state index contributed by atoms with van der Waals surface area (Å²) in [5, 5.41) is 6.45. The highest BCUT2D eigenvalue weighted by Gasteiger charge is 2.14. The fraction of sp³-hybridized carbons (Fsp3) is 0.286. The number of hydrogen-bond acceptors (Lipinski definition) is 4. The highest BCUT2D eigenvalue weighted by Crippen LogP contribution is 2.22. The maximum atomic E-state index is 12.1. The van der Waals surface area contributed by atoms with Crippen LogP contribution in [0.25, 0.3) is 0 Å². The van der Waals surface area contributed by atoms with Gasteiger partial charge in [-0.25, -0.2) is 5.43 Å². The van der Waals surface area contributed by atoms with Crippen molar-refractivity contribution in [3.63, 3.8) is 0 Å². The van der Waals surface area contributed by atoms with Crippen molar-refractivity contribution in [3.05, 3.63) is 65.2 Å². The summed E-state index contributed by atoms with van der Waals surface area (Å²) in [6, 6.07) is 14.6. The van der Waals surface area contributed by atoms with Crippen LogP contribution in [0.5, 0.6) is 5.75 Å². The van der Waals surface area contributed by atoms with Gasteiger partial charge in [0.25, 0.3) is 11.8 Å². The molecule has 0 heterocycles. The van der Waals surface area contributed by atoms with Crippen LogP contribution in [0.4, 0.5) is 0 Å². The average molecular weight is 367 g/mol. The molecule has 6 heteroatoms. The predicted molar refractivity (Wildman–Crippen MR) is 106 cm³/mol. The van der Waals surface area contributed by atoms with E-state index in [1.54, 1.807) is 25.3 Å². The molecule has 2 rings (SSSR count). The minimum atomic E-state index is -0.409. The number of rotatable bonds is 6. The first kappa shape index (κ1) is 20.2. The largest absolute Gasteiger partial charge is 0.497 e. The van der Waals surface area contributed by atoms with Crippen LogP contribution < -0.4 is 15.5 Å². The molecule has 0 unspecified atom stereocenters. The first-order chi connectivity index (χ1) is 12.8. The second-order valence-corrected chi connectivity index (χ2v) is 7.08. The van der Waals surface area contributed by atoms with E-state index in [-0.39, 0.29) is 17.9 Å². The average Bonchev–Trinajstić information content (AvgIpc) is 2.65. The van der Waals surface area contributed by atoms with E-state index in [4.69, 9.17) is 4.74 Å². The number of ether oxygens (including phenoxy) is 1. The Balaban J connectivity index is 1.82. The number of hydrogen-bond donors (Lipinski definition) is 2. The predicted octanol–water partition coefficient (Wildman–Crippen LogP) is 2.87. The van der Waals surface area contributed by atoms with E-state index in [1.165, 1.54) is 6.21 Å². The van der Waals surface area contributed by atoms with Gasteiger partial charge in [-0.1, -0.05) is 45.0 Å². The summed E-state index contributed by atoms with van der Waals surface area (Å²) < 4.78 is 5.12. The Morgan fingerprint density at radius 3 is 2.44 bits per heavy atom. The molecule has 0 aliphatic heterocycles. The molecule has 0 atom stereocenters. The molecule has 0 saturated carbocycles. The smallest absolute Gasteiger partial charge is 0.259 e. The Morgan fingerprint density at radius 1 is 1.11 bits per heavy atom. The van der Waals surface area contributed by atoms with Crippen molar-refractivity contribution in [2.75, 3.05) is 13.7 Å². The molecule has 0 spiro atoms. The number of nitrogens with zero attached hydrogens (tertiary/aromatic N) is 1. The van der Waals surface area contributed by atoms with Gasteiger partial charge >= 0.3 is 0 Å². The molecule has 0 aromatic heterocycles. The fourth-order valence-electron chi connectivity index (χ4n) is 2.32. The highest BCUT2D eigenvalue weighted by atomic mass is 16.5. The van der Waals surface area contributed by atoms with Crippen LogP contribution in [0.2, 0.25) is 0 Å². The Morgan fingerprint density at radius 2 is 1.81 bits per heavy atom. The maximum absolute atomic E-state index is 12.1. The highest BCUT2D eigenvalue weighted by molar-refractivity contribution is 5.96. The number of hydrazone groups is 1. The van der Waals surface area contributed by atoms with Gasteiger partial charge in [-0.3, -0.25) is 9.59 Å². The molecular weight excluding hydrogens is 342 g/mol. The van der Waals surface area contributed by atoms with E-state index in [1.807, 2.05) is 30.3 Å². The third-order valence-corrected chi connectivity index (χ3v) is 3.92. The SMILES string of the molecule is COc1cccc(/C=N\NC(=O)CNC(=O)c2ccc(C(C)(C)C)cc2)c1. The monoisotopic (exact) mass is 367 g/mol. The van der Waals surface area contributed by atoms with Crippen LogP contribution in [-0.4, -0.2) is 31.7 Å². The fourth-order valence-corrected chi connectivity index (χ4v) is 2.32. The van der Waals surface area contributed by atoms with Gasteiger partial charge in [0.1, 0.15) is 5.75 Å². The molecule has 0 fully saturated rings. The zero-order valence-electron chi connectivity index (χ0n) is 16.1. The molecule has 6 nitrogen and oxygen atoms in total. The van der Waals surface area contributed by atoms with Crippen LogP contribution in [0.15, 0.2) is 53.6 Å². The van der Waals surface area contributed by atoms with Gasteiger partial charge in [-0.2, -0.15) is 5.10 Å². The summed E-state index contributed by atoms with van der Waals surface area (Å²) in [6.07, 6.45) is 1.51. The van der Waals surface area contributed by atoms with Gasteiger partial charge in [-0.15, -0.1) is 0 Å². The van der Waals surface area contributed by atoms with E-state index in [2.05, 4.69) is 36.6 Å². The van der Waals surface area contributed by atoms with Gasteiger partial charge in [0, 0.05) is 5.56 Å². The standard InChI is InChI=1S/C21H25N3O3/c1-21(2,3)17-10-8-16(9-11-17)20(26)22-14-19(25)24-23-13-15-6-5-7-18(12-15)27-4/h5-13H,14H2,1-4H3,(H,22,26)(H,24,25)/b23-13-. The third kappa shape index (κ3) is 6.26. The number of methoxy groups -OCH3 is 1. The number of amides is 2. The van der Waals surface area contributed by atoms with Gasteiger partial charge < -0.3 is 10.1 Å². The summed E-state index contributed by atoms with van der Waals surface area (Å²) >= 11 is 0. The summed E-state index contributed by atoms with van der Waals surface area (Å²) in [5.41, 5.74) is 4.84. The minimum absolute atomic E-state index is 0.0235. The van der Waals surface area contributed by atoms with Crippen LogP contribution in [0.3, 0.4) is 0 Å². The van der Waals surface area contributed by atoms with Crippen molar-refractivity contribution in [1.82, 2.24) is 10.7 Å². The molecular formula is C21H25N3O3. The van der Waals surface area contributed by atoms with Crippen LogP contribution in [-0.2, 0) is 10.2 Å². The van der Waals surface area contributed by atoms with E-state index in [0.717, 1.165) is 11.1 Å². The molecule has 2 aromatic carbocycles. The topological polar surface area (TPSA) is 79.8 Å². The molecule has 27 heavy (non-hydrogen) atoms. The van der Waals surface area contributed by atoms with Crippen LogP contribution in [0.1, 0.15) is 42.3 Å². The first-order valence-electron chi connectivity index (χ1n) is 8.64. The molecule has 0 radical (unpaired) electrons. The number of carbonyl (C=O) groups is 2. The number of nitrogens with one attached hydrogen (secondary N) is 2. The molecule has 2 amide bonds. The summed E-state index contributed by atoms with van der Waals surface area (Å²) in [5.74, 6) is -0.00814. The Labute approximate surface area is 159 Å². The zero-order valence-corrected chi connectivity index (χ0v) is 16.1. The normalized spacial score (nSPS) is 11.3. The third-order valence-electron chi connectivity index (χ3n) is 3.92. The lowest BCUT2D eigenvalue weighted by Gasteiger charge is -2.19. The quantitative estimate of drug-likeness (QED) is 0.609. The molecule has 2 aromatic rings. The first-order valence-corrected chi connectivity index (χ1v) is 8.64. The lowest BCUT2D eigenvalue weighted by atomic mass is 9.87. The maximum Gasteiger partial charge on any atom is 0.259 e. The summed E-state index contributed by atoms with van der Waals surface area (Å²) in [4.78, 5) is 23.9. The van der Waals surface area contributed by atoms with E-state index in [9.17, 15) is 9.59 Å². The van der Waals surface area contributed by atoms with Crippen LogP contribution in [0, 0.1) is 0 Å². The van der Waals surface area contributed by atoms with Gasteiger partial charge in [0.15, 0.2) is 0 Å². The van der Waals surface area contributed by atoms with Gasteiger partial charge in [0.2, 0.25) is 0 Å². The molecule has 142 valence electrons. The zero-order chi connectivity index (χ0) is 19.9. The van der Waals surface area contributed by atoms with Crippen molar-refractivity contribution in [2.24, 2.45) is 5.10 Å². The Kier molecular flexibility index (Phi) is 6.71. The lowest BCUT2D eigenvalue weighted by molar-refractivity contribution is -0.120. The molecule has 0 aliphatic carbocycles. The molecule has 0 bridgehead atoms. The van der Waals surface area contributed by atoms with Crippen molar-refractivity contribution in [3.8, 4) is 5.75 Å². The lowest BCUT2D eigenvalue weighted by Crippen LogP contribution is -2.34. The van der Waals surface area contributed by atoms with Gasteiger partial charge in [0.05, 0.1) is 19.9 Å². The summed E-state index contributed by atoms with van der Waals surface area (Å²) in [7, 11) is 1.58. The number of carbonyl (C=O) groups excluding carboxylic acids is 2. The molecule has 0 aliphatic rings. The van der Waals surface area contributed by atoms with Crippen molar-refractivity contribution >= 4 is 18.0 Å². The second kappa shape index (κ2) is 8.98. The van der Waals surface area contributed by atoms with Crippen LogP contribution >= 0.6 is 0 Å². The summed E-state index contributed by atoms with van der Waals surface area (Å²) in [6.45, 7) is 6.17. The molecule has 0 saturated heterocycles. The van der Waals surface area contributed by atoms with E-state index >= 15 is 0 Å². The van der Waals surface area contributed by atoms with Crippen molar-refractivity contribution in [1.29, 1.82) is 0 Å². The Hall–Kier alpha value is -3.15.